The fourth-order valence-electron chi connectivity index (χ4n) is 2.02. The van der Waals surface area contributed by atoms with E-state index in [4.69, 9.17) is 4.42 Å². The van der Waals surface area contributed by atoms with Gasteiger partial charge in [0, 0.05) is 5.56 Å². The van der Waals surface area contributed by atoms with Crippen LogP contribution < -0.4 is 0 Å². The maximum atomic E-state index is 9.75. The molecule has 0 amide bonds. The molecule has 0 aliphatic heterocycles. The second-order valence-electron chi connectivity index (χ2n) is 5.95. The van der Waals surface area contributed by atoms with Gasteiger partial charge in [0.2, 0.25) is 0 Å². The summed E-state index contributed by atoms with van der Waals surface area (Å²) >= 11 is 0. The van der Waals surface area contributed by atoms with E-state index in [2.05, 4.69) is 45.0 Å². The van der Waals surface area contributed by atoms with Gasteiger partial charge in [-0.25, -0.2) is 0 Å². The van der Waals surface area contributed by atoms with Crippen LogP contribution in [0.25, 0.3) is 11.3 Å². The number of aliphatic hydroxyl groups excluding tert-OH is 1. The van der Waals surface area contributed by atoms with Crippen molar-refractivity contribution in [1.29, 1.82) is 0 Å². The molecule has 0 fully saturated rings. The van der Waals surface area contributed by atoms with Crippen LogP contribution in [0.3, 0.4) is 0 Å². The molecule has 2 heteroatoms. The molecule has 1 unspecified atom stereocenters. The average Bonchev–Trinajstić information content (AvgIpc) is 2.86. The maximum absolute atomic E-state index is 9.75. The van der Waals surface area contributed by atoms with Crippen molar-refractivity contribution in [2.45, 2.75) is 45.6 Å². The standard InChI is InChI=1S/C17H22O2/c1-5-14(18)16-11-10-15(19-16)12-6-8-13(9-7-12)17(2,3)4/h6-11,14,18H,5H2,1-4H3. The largest absolute Gasteiger partial charge is 0.458 e. The summed E-state index contributed by atoms with van der Waals surface area (Å²) in [5.41, 5.74) is 2.50. The Labute approximate surface area is 115 Å². The molecule has 1 aromatic carbocycles. The van der Waals surface area contributed by atoms with Gasteiger partial charge in [0.15, 0.2) is 0 Å². The fourth-order valence-corrected chi connectivity index (χ4v) is 2.02. The summed E-state index contributed by atoms with van der Waals surface area (Å²) < 4.78 is 5.70. The van der Waals surface area contributed by atoms with E-state index in [1.165, 1.54) is 5.56 Å². The topological polar surface area (TPSA) is 33.4 Å². The van der Waals surface area contributed by atoms with E-state index in [0.29, 0.717) is 12.2 Å². The zero-order valence-corrected chi connectivity index (χ0v) is 12.1. The molecule has 1 N–H and O–H groups in total. The van der Waals surface area contributed by atoms with E-state index in [0.717, 1.165) is 11.3 Å². The van der Waals surface area contributed by atoms with Crippen molar-refractivity contribution in [3.05, 3.63) is 47.7 Å². The lowest BCUT2D eigenvalue weighted by Gasteiger charge is -2.18. The molecule has 102 valence electrons. The van der Waals surface area contributed by atoms with E-state index in [1.807, 2.05) is 19.1 Å². The molecule has 1 aromatic heterocycles. The first-order valence-corrected chi connectivity index (χ1v) is 6.80. The van der Waals surface area contributed by atoms with Crippen molar-refractivity contribution in [3.8, 4) is 11.3 Å². The van der Waals surface area contributed by atoms with Crippen LogP contribution >= 0.6 is 0 Å². The van der Waals surface area contributed by atoms with Gasteiger partial charge in [-0.1, -0.05) is 52.0 Å². The lowest BCUT2D eigenvalue weighted by atomic mass is 9.86. The van der Waals surface area contributed by atoms with Crippen molar-refractivity contribution in [2.75, 3.05) is 0 Å². The van der Waals surface area contributed by atoms with Crippen molar-refractivity contribution in [1.82, 2.24) is 0 Å². The minimum atomic E-state index is -0.511. The molecular formula is C17H22O2. The minimum Gasteiger partial charge on any atom is -0.458 e. The first-order chi connectivity index (χ1) is 8.91. The number of aliphatic hydroxyl groups is 1. The molecule has 0 aliphatic carbocycles. The Kier molecular flexibility index (Phi) is 3.81. The van der Waals surface area contributed by atoms with Crippen molar-refractivity contribution < 1.29 is 9.52 Å². The Bertz CT molecular complexity index is 529. The molecule has 0 saturated heterocycles. The molecule has 0 aliphatic rings. The quantitative estimate of drug-likeness (QED) is 0.866. The predicted molar refractivity (Wildman–Crippen MR) is 78.1 cm³/mol. The Morgan fingerprint density at radius 1 is 1.05 bits per heavy atom. The van der Waals surface area contributed by atoms with Crippen LogP contribution in [0.15, 0.2) is 40.8 Å². The van der Waals surface area contributed by atoms with E-state index >= 15 is 0 Å². The first-order valence-electron chi connectivity index (χ1n) is 6.80. The van der Waals surface area contributed by atoms with Gasteiger partial charge in [-0.2, -0.15) is 0 Å². The highest BCUT2D eigenvalue weighted by atomic mass is 16.4. The second kappa shape index (κ2) is 5.22. The van der Waals surface area contributed by atoms with Gasteiger partial charge >= 0.3 is 0 Å². The molecule has 2 nitrogen and oxygen atoms in total. The lowest BCUT2D eigenvalue weighted by molar-refractivity contribution is 0.147. The molecule has 0 saturated carbocycles. The molecule has 0 spiro atoms. The predicted octanol–water partition coefficient (Wildman–Crippen LogP) is 4.69. The van der Waals surface area contributed by atoms with Crippen LogP contribution in [0.2, 0.25) is 0 Å². The lowest BCUT2D eigenvalue weighted by Crippen LogP contribution is -2.10. The van der Waals surface area contributed by atoms with E-state index in [-0.39, 0.29) is 5.41 Å². The van der Waals surface area contributed by atoms with Crippen LogP contribution in [0.5, 0.6) is 0 Å². The molecule has 19 heavy (non-hydrogen) atoms. The monoisotopic (exact) mass is 258 g/mol. The SMILES string of the molecule is CCC(O)c1ccc(-c2ccc(C(C)(C)C)cc2)o1. The summed E-state index contributed by atoms with van der Waals surface area (Å²) in [4.78, 5) is 0. The number of furan rings is 1. The zero-order chi connectivity index (χ0) is 14.0. The second-order valence-corrected chi connectivity index (χ2v) is 5.95. The third-order valence-electron chi connectivity index (χ3n) is 3.38. The number of hydrogen-bond donors (Lipinski definition) is 1. The Morgan fingerprint density at radius 2 is 1.68 bits per heavy atom. The van der Waals surface area contributed by atoms with Crippen molar-refractivity contribution in [2.24, 2.45) is 0 Å². The van der Waals surface area contributed by atoms with Gasteiger partial charge in [-0.15, -0.1) is 0 Å². The van der Waals surface area contributed by atoms with Crippen molar-refractivity contribution >= 4 is 0 Å². The third-order valence-corrected chi connectivity index (χ3v) is 3.38. The summed E-state index contributed by atoms with van der Waals surface area (Å²) in [6, 6.07) is 12.2. The smallest absolute Gasteiger partial charge is 0.134 e. The summed E-state index contributed by atoms with van der Waals surface area (Å²) in [5, 5.41) is 9.75. The number of benzene rings is 1. The number of rotatable bonds is 3. The molecule has 2 rings (SSSR count). The van der Waals surface area contributed by atoms with E-state index in [9.17, 15) is 5.11 Å². The molecule has 2 aromatic rings. The first kappa shape index (κ1) is 13.9. The van der Waals surface area contributed by atoms with E-state index < -0.39 is 6.10 Å². The van der Waals surface area contributed by atoms with Crippen LogP contribution in [-0.2, 0) is 5.41 Å². The average molecular weight is 258 g/mol. The molecule has 1 heterocycles. The highest BCUT2D eigenvalue weighted by Gasteiger charge is 2.14. The van der Waals surface area contributed by atoms with Crippen LogP contribution in [0, 0.1) is 0 Å². The van der Waals surface area contributed by atoms with Gasteiger partial charge in [-0.05, 0) is 29.5 Å². The summed E-state index contributed by atoms with van der Waals surface area (Å²) in [6.07, 6.45) is 0.151. The van der Waals surface area contributed by atoms with Crippen LogP contribution in [0.1, 0.15) is 51.5 Å². The fraction of sp³-hybridized carbons (Fsp3) is 0.412. The van der Waals surface area contributed by atoms with Crippen LogP contribution in [0.4, 0.5) is 0 Å². The zero-order valence-electron chi connectivity index (χ0n) is 12.1. The molecule has 1 atom stereocenters. The highest BCUT2D eigenvalue weighted by molar-refractivity contribution is 5.58. The van der Waals surface area contributed by atoms with Crippen LogP contribution in [-0.4, -0.2) is 5.11 Å². The summed E-state index contributed by atoms with van der Waals surface area (Å²) in [7, 11) is 0. The summed E-state index contributed by atoms with van der Waals surface area (Å²) in [6.45, 7) is 8.53. The van der Waals surface area contributed by atoms with Gasteiger partial charge < -0.3 is 9.52 Å². The molecule has 0 radical (unpaired) electrons. The maximum Gasteiger partial charge on any atom is 0.134 e. The summed E-state index contributed by atoms with van der Waals surface area (Å²) in [5.74, 6) is 1.44. The number of hydrogen-bond acceptors (Lipinski definition) is 2. The minimum absolute atomic E-state index is 0.158. The van der Waals surface area contributed by atoms with E-state index in [1.54, 1.807) is 0 Å². The Balaban J connectivity index is 2.25. The highest BCUT2D eigenvalue weighted by Crippen LogP contribution is 2.29. The molecule has 0 bridgehead atoms. The van der Waals surface area contributed by atoms with Gasteiger partial charge in [0.25, 0.3) is 0 Å². The van der Waals surface area contributed by atoms with Gasteiger partial charge in [0.1, 0.15) is 17.6 Å². The third kappa shape index (κ3) is 3.07. The molecular weight excluding hydrogens is 236 g/mol. The van der Waals surface area contributed by atoms with Crippen molar-refractivity contribution in [3.63, 3.8) is 0 Å². The Morgan fingerprint density at radius 3 is 2.21 bits per heavy atom. The normalized spacial score (nSPS) is 13.5. The van der Waals surface area contributed by atoms with Gasteiger partial charge in [-0.3, -0.25) is 0 Å². The Hall–Kier alpha value is -1.54. The van der Waals surface area contributed by atoms with Gasteiger partial charge in [0.05, 0.1) is 0 Å².